The molecule has 2 unspecified atom stereocenters. The van der Waals surface area contributed by atoms with Gasteiger partial charge in [-0.3, -0.25) is 4.98 Å². The first kappa shape index (κ1) is 15.8. The van der Waals surface area contributed by atoms with Gasteiger partial charge in [0, 0.05) is 24.1 Å². The second kappa shape index (κ2) is 6.69. The van der Waals surface area contributed by atoms with Crippen LogP contribution in [0.5, 0.6) is 0 Å². The Morgan fingerprint density at radius 2 is 1.84 bits per heavy atom. The van der Waals surface area contributed by atoms with Gasteiger partial charge in [-0.1, -0.05) is 36.4 Å². The van der Waals surface area contributed by atoms with Crippen molar-refractivity contribution in [3.63, 3.8) is 0 Å². The third-order valence-corrected chi connectivity index (χ3v) is 4.92. The van der Waals surface area contributed by atoms with Gasteiger partial charge in [0.25, 0.3) is 0 Å². The highest BCUT2D eigenvalue weighted by Crippen LogP contribution is 2.38. The lowest BCUT2D eigenvalue weighted by Gasteiger charge is -2.27. The lowest BCUT2D eigenvalue weighted by atomic mass is 10.0. The second-order valence-corrected chi connectivity index (χ2v) is 6.72. The van der Waals surface area contributed by atoms with Gasteiger partial charge in [0.2, 0.25) is 0 Å². The summed E-state index contributed by atoms with van der Waals surface area (Å²) in [6, 6.07) is 20.8. The molecule has 0 amide bonds. The number of rotatable bonds is 4. The molecule has 0 radical (unpaired) electrons. The Labute approximate surface area is 152 Å². The molecule has 25 heavy (non-hydrogen) atoms. The van der Waals surface area contributed by atoms with Crippen molar-refractivity contribution in [3.8, 4) is 0 Å². The molecule has 1 saturated heterocycles. The summed E-state index contributed by atoms with van der Waals surface area (Å²) in [6.07, 6.45) is 1.83. The summed E-state index contributed by atoms with van der Waals surface area (Å²) in [5.74, 6) is 0. The number of thiocarbonyl (C=S) groups is 1. The van der Waals surface area contributed by atoms with E-state index in [0.29, 0.717) is 0 Å². The first-order chi connectivity index (χ1) is 12.2. The molecule has 0 saturated carbocycles. The van der Waals surface area contributed by atoms with Gasteiger partial charge in [-0.05, 0) is 49.0 Å². The van der Waals surface area contributed by atoms with E-state index in [1.54, 1.807) is 0 Å². The summed E-state index contributed by atoms with van der Waals surface area (Å²) in [7, 11) is 0. The summed E-state index contributed by atoms with van der Waals surface area (Å²) in [5.41, 5.74) is 4.53. The van der Waals surface area contributed by atoms with E-state index < -0.39 is 0 Å². The first-order valence-corrected chi connectivity index (χ1v) is 8.81. The molecule has 4 rings (SSSR count). The maximum atomic E-state index is 5.67. The van der Waals surface area contributed by atoms with Crippen molar-refractivity contribution >= 4 is 17.3 Å². The molecule has 0 bridgehead atoms. The molecule has 3 aromatic rings. The van der Waals surface area contributed by atoms with Crippen molar-refractivity contribution in [1.82, 2.24) is 20.2 Å². The number of nitrogens with zero attached hydrogens (tertiary/aromatic N) is 2. The molecule has 1 aromatic carbocycles. The highest BCUT2D eigenvalue weighted by molar-refractivity contribution is 7.80. The fraction of sp³-hybridized carbons (Fsp3) is 0.200. The molecule has 2 atom stereocenters. The summed E-state index contributed by atoms with van der Waals surface area (Å²) < 4.78 is 0. The number of benzene rings is 1. The summed E-state index contributed by atoms with van der Waals surface area (Å²) in [5, 5.41) is 4.23. The van der Waals surface area contributed by atoms with E-state index in [1.165, 1.54) is 5.56 Å². The van der Waals surface area contributed by atoms with Gasteiger partial charge < -0.3 is 15.2 Å². The third kappa shape index (κ3) is 3.15. The van der Waals surface area contributed by atoms with E-state index in [-0.39, 0.29) is 12.1 Å². The van der Waals surface area contributed by atoms with Crippen LogP contribution in [0.3, 0.4) is 0 Å². The summed E-state index contributed by atoms with van der Waals surface area (Å²) in [4.78, 5) is 10.3. The lowest BCUT2D eigenvalue weighted by molar-refractivity contribution is 0.306. The SMILES string of the molecule is Cc1ccc(C2C(c3ccccn3)NC(=S)N2Cc2ccccc2)[nH]1. The molecule has 4 nitrogen and oxygen atoms in total. The molecule has 2 N–H and O–H groups in total. The molecule has 3 heterocycles. The maximum Gasteiger partial charge on any atom is 0.170 e. The smallest absolute Gasteiger partial charge is 0.170 e. The van der Waals surface area contributed by atoms with Crippen LogP contribution < -0.4 is 5.32 Å². The van der Waals surface area contributed by atoms with Crippen LogP contribution in [-0.2, 0) is 6.54 Å². The van der Waals surface area contributed by atoms with Crippen LogP contribution in [-0.4, -0.2) is 20.0 Å². The average Bonchev–Trinajstić information content (AvgIpc) is 3.20. The van der Waals surface area contributed by atoms with Crippen molar-refractivity contribution < 1.29 is 0 Å². The minimum absolute atomic E-state index is 0.0236. The Morgan fingerprint density at radius 1 is 1.04 bits per heavy atom. The van der Waals surface area contributed by atoms with Crippen molar-refractivity contribution in [2.75, 3.05) is 0 Å². The molecule has 5 heteroatoms. The summed E-state index contributed by atoms with van der Waals surface area (Å²) >= 11 is 5.67. The molecule has 2 aromatic heterocycles. The number of nitrogens with one attached hydrogen (secondary N) is 2. The average molecular weight is 348 g/mol. The van der Waals surface area contributed by atoms with Gasteiger partial charge in [0.05, 0.1) is 17.8 Å². The van der Waals surface area contributed by atoms with Crippen LogP contribution in [0.15, 0.2) is 66.9 Å². The van der Waals surface area contributed by atoms with Crippen LogP contribution >= 0.6 is 12.2 Å². The van der Waals surface area contributed by atoms with Crippen molar-refractivity contribution in [3.05, 3.63) is 89.5 Å². The Bertz CT molecular complexity index is 860. The van der Waals surface area contributed by atoms with Crippen LogP contribution in [0.2, 0.25) is 0 Å². The zero-order valence-electron chi connectivity index (χ0n) is 14.0. The van der Waals surface area contributed by atoms with Gasteiger partial charge in [-0.25, -0.2) is 0 Å². The molecule has 1 aliphatic heterocycles. The largest absolute Gasteiger partial charge is 0.361 e. The van der Waals surface area contributed by atoms with Crippen LogP contribution in [0.25, 0.3) is 0 Å². The first-order valence-electron chi connectivity index (χ1n) is 8.40. The monoisotopic (exact) mass is 348 g/mol. The predicted octanol–water partition coefficient (Wildman–Crippen LogP) is 3.89. The van der Waals surface area contributed by atoms with E-state index in [2.05, 4.69) is 69.6 Å². The Balaban J connectivity index is 1.72. The van der Waals surface area contributed by atoms with Crippen molar-refractivity contribution in [2.45, 2.75) is 25.6 Å². The van der Waals surface area contributed by atoms with Crippen molar-refractivity contribution in [1.29, 1.82) is 0 Å². The molecule has 0 spiro atoms. The normalized spacial score (nSPS) is 19.9. The molecule has 1 aliphatic rings. The second-order valence-electron chi connectivity index (χ2n) is 6.34. The molecule has 0 aliphatic carbocycles. The molecule has 126 valence electrons. The summed E-state index contributed by atoms with van der Waals surface area (Å²) in [6.45, 7) is 2.83. The minimum Gasteiger partial charge on any atom is -0.361 e. The van der Waals surface area contributed by atoms with Crippen molar-refractivity contribution in [2.24, 2.45) is 0 Å². The van der Waals surface area contributed by atoms with E-state index in [4.69, 9.17) is 12.2 Å². The van der Waals surface area contributed by atoms with E-state index in [9.17, 15) is 0 Å². The number of pyridine rings is 1. The quantitative estimate of drug-likeness (QED) is 0.702. The van der Waals surface area contributed by atoms with Gasteiger partial charge in [-0.15, -0.1) is 0 Å². The standard InChI is InChI=1S/C20H20N4S/c1-14-10-11-17(22-14)19-18(16-9-5-6-12-21-16)23-20(25)24(19)13-15-7-3-2-4-8-15/h2-12,18-19,22H,13H2,1H3,(H,23,25). The van der Waals surface area contributed by atoms with E-state index in [0.717, 1.165) is 28.7 Å². The zero-order chi connectivity index (χ0) is 17.2. The number of aromatic nitrogens is 2. The zero-order valence-corrected chi connectivity index (χ0v) is 14.8. The molecular formula is C20H20N4S. The van der Waals surface area contributed by atoms with Gasteiger partial charge in [0.15, 0.2) is 5.11 Å². The Hall–Kier alpha value is -2.66. The highest BCUT2D eigenvalue weighted by Gasteiger charge is 2.40. The predicted molar refractivity (Wildman–Crippen MR) is 103 cm³/mol. The number of aromatic amines is 1. The minimum atomic E-state index is 0.0236. The van der Waals surface area contributed by atoms with Gasteiger partial charge in [0.1, 0.15) is 0 Å². The third-order valence-electron chi connectivity index (χ3n) is 4.57. The fourth-order valence-corrected chi connectivity index (χ4v) is 3.70. The number of hydrogen-bond donors (Lipinski definition) is 2. The van der Waals surface area contributed by atoms with E-state index in [1.807, 2.05) is 24.4 Å². The van der Waals surface area contributed by atoms with Gasteiger partial charge in [-0.2, -0.15) is 0 Å². The van der Waals surface area contributed by atoms with Crippen LogP contribution in [0.4, 0.5) is 0 Å². The highest BCUT2D eigenvalue weighted by atomic mass is 32.1. The van der Waals surface area contributed by atoms with Gasteiger partial charge >= 0.3 is 0 Å². The fourth-order valence-electron chi connectivity index (χ4n) is 3.39. The number of hydrogen-bond acceptors (Lipinski definition) is 2. The van der Waals surface area contributed by atoms with Crippen LogP contribution in [0, 0.1) is 6.92 Å². The number of H-pyrrole nitrogens is 1. The number of aryl methyl sites for hydroxylation is 1. The van der Waals surface area contributed by atoms with Crippen LogP contribution in [0.1, 0.15) is 34.7 Å². The molecular weight excluding hydrogens is 328 g/mol. The molecule has 1 fully saturated rings. The maximum absolute atomic E-state index is 5.67. The van der Waals surface area contributed by atoms with E-state index >= 15 is 0 Å². The topological polar surface area (TPSA) is 44.0 Å². The Morgan fingerprint density at radius 3 is 2.52 bits per heavy atom. The lowest BCUT2D eigenvalue weighted by Crippen LogP contribution is -2.29. The Kier molecular flexibility index (Phi) is 4.24.